The van der Waals surface area contributed by atoms with Crippen molar-refractivity contribution in [3.63, 3.8) is 0 Å². The molecule has 1 saturated carbocycles. The van der Waals surface area contributed by atoms with Crippen LogP contribution in [0.3, 0.4) is 0 Å². The number of para-hydroxylation sites is 2. The van der Waals surface area contributed by atoms with Gasteiger partial charge in [0.25, 0.3) is 11.8 Å². The van der Waals surface area contributed by atoms with E-state index in [4.69, 9.17) is 4.74 Å². The molecule has 3 aromatic carbocycles. The predicted octanol–water partition coefficient (Wildman–Crippen LogP) is 3.58. The van der Waals surface area contributed by atoms with Crippen LogP contribution in [0, 0.1) is 0 Å². The van der Waals surface area contributed by atoms with Crippen LogP contribution in [-0.2, 0) is 9.53 Å². The van der Waals surface area contributed by atoms with E-state index in [-0.39, 0.29) is 12.5 Å². The minimum Gasteiger partial charge on any atom is -0.467 e. The van der Waals surface area contributed by atoms with Crippen molar-refractivity contribution in [1.82, 2.24) is 14.5 Å². The molecule has 2 aliphatic heterocycles. The highest BCUT2D eigenvalue weighted by atomic mass is 16.5. The van der Waals surface area contributed by atoms with Gasteiger partial charge in [-0.1, -0.05) is 36.4 Å². The molecule has 8 nitrogen and oxygen atoms in total. The van der Waals surface area contributed by atoms with E-state index in [1.807, 2.05) is 53.1 Å². The van der Waals surface area contributed by atoms with Gasteiger partial charge in [-0.2, -0.15) is 0 Å². The van der Waals surface area contributed by atoms with Gasteiger partial charge in [-0.3, -0.25) is 14.9 Å². The molecule has 3 aliphatic rings. The maximum Gasteiger partial charge on any atom is 0.340 e. The van der Waals surface area contributed by atoms with E-state index in [9.17, 15) is 19.5 Å². The van der Waals surface area contributed by atoms with E-state index in [1.165, 1.54) is 7.11 Å². The Balaban J connectivity index is 1.73. The minimum absolute atomic E-state index is 0.188. The third kappa shape index (κ3) is 1.95. The fourth-order valence-electron chi connectivity index (χ4n) is 7.08. The van der Waals surface area contributed by atoms with Crippen LogP contribution in [0.1, 0.15) is 45.6 Å². The van der Waals surface area contributed by atoms with Crippen molar-refractivity contribution in [2.75, 3.05) is 7.11 Å². The molecule has 4 heterocycles. The Morgan fingerprint density at radius 3 is 2.09 bits per heavy atom. The number of methoxy groups -OCH3 is 1. The number of aliphatic hydroxyl groups is 1. The second-order valence-electron chi connectivity index (χ2n) is 9.78. The van der Waals surface area contributed by atoms with Crippen molar-refractivity contribution < 1.29 is 24.2 Å². The van der Waals surface area contributed by atoms with Crippen LogP contribution in [0.5, 0.6) is 0 Å². The Labute approximate surface area is 197 Å². The van der Waals surface area contributed by atoms with Gasteiger partial charge in [0, 0.05) is 45.0 Å². The molecule has 3 unspecified atom stereocenters. The zero-order valence-electron chi connectivity index (χ0n) is 18.7. The van der Waals surface area contributed by atoms with Gasteiger partial charge in [-0.15, -0.1) is 0 Å². The maximum absolute atomic E-state index is 13.2. The van der Waals surface area contributed by atoms with Crippen LogP contribution in [-0.4, -0.2) is 44.7 Å². The summed E-state index contributed by atoms with van der Waals surface area (Å²) >= 11 is 0. The van der Waals surface area contributed by atoms with Crippen LogP contribution in [0.4, 0.5) is 0 Å². The summed E-state index contributed by atoms with van der Waals surface area (Å²) in [6.45, 7) is 0. The van der Waals surface area contributed by atoms with Gasteiger partial charge in [0.1, 0.15) is 0 Å². The van der Waals surface area contributed by atoms with Crippen LogP contribution in [0.25, 0.3) is 43.6 Å². The molecule has 5 aromatic rings. The summed E-state index contributed by atoms with van der Waals surface area (Å²) in [6.07, 6.45) is 0.695. The maximum atomic E-state index is 13.2. The number of benzene rings is 3. The normalized spacial score (nSPS) is 24.6. The lowest BCUT2D eigenvalue weighted by atomic mass is 9.95. The fraction of sp³-hybridized carbons (Fsp3) is 0.222. The van der Waals surface area contributed by atoms with Crippen molar-refractivity contribution >= 4 is 61.4 Å². The Kier molecular flexibility index (Phi) is 3.23. The number of hydrogen-bond acceptors (Lipinski definition) is 5. The number of nitrogens with one attached hydrogen (secondary N) is 1. The highest BCUT2D eigenvalue weighted by Gasteiger charge is 2.56. The van der Waals surface area contributed by atoms with Gasteiger partial charge in [-0.25, -0.2) is 4.79 Å². The number of esters is 1. The average molecular weight is 465 g/mol. The number of imide groups is 1. The Morgan fingerprint density at radius 2 is 1.49 bits per heavy atom. The molecule has 8 rings (SSSR count). The summed E-state index contributed by atoms with van der Waals surface area (Å²) in [5.74, 6) is -1.49. The van der Waals surface area contributed by atoms with E-state index in [2.05, 4.69) is 9.88 Å². The first kappa shape index (κ1) is 19.2. The predicted molar refractivity (Wildman–Crippen MR) is 129 cm³/mol. The second-order valence-corrected chi connectivity index (χ2v) is 9.78. The highest BCUT2D eigenvalue weighted by molar-refractivity contribution is 6.39. The van der Waals surface area contributed by atoms with E-state index in [1.54, 1.807) is 0 Å². The lowest BCUT2D eigenvalue weighted by Crippen LogP contribution is -2.44. The number of aromatic nitrogens is 2. The highest BCUT2D eigenvalue weighted by Crippen LogP contribution is 2.56. The molecule has 1 fully saturated rings. The van der Waals surface area contributed by atoms with E-state index in [0.29, 0.717) is 22.9 Å². The zero-order valence-corrected chi connectivity index (χ0v) is 18.7. The van der Waals surface area contributed by atoms with Gasteiger partial charge in [-0.05, 0) is 18.6 Å². The lowest BCUT2D eigenvalue weighted by molar-refractivity contribution is -0.165. The smallest absolute Gasteiger partial charge is 0.340 e. The number of rotatable bonds is 1. The van der Waals surface area contributed by atoms with Crippen LogP contribution in [0.2, 0.25) is 0 Å². The summed E-state index contributed by atoms with van der Waals surface area (Å²) in [4.78, 5) is 39.4. The van der Waals surface area contributed by atoms with Crippen molar-refractivity contribution in [3.8, 4) is 0 Å². The number of carbonyl (C=O) groups is 3. The summed E-state index contributed by atoms with van der Waals surface area (Å²) in [7, 11) is 1.29. The minimum atomic E-state index is -1.74. The van der Waals surface area contributed by atoms with Crippen LogP contribution >= 0.6 is 0 Å². The molecule has 2 aromatic heterocycles. The lowest BCUT2D eigenvalue weighted by Gasteiger charge is -2.30. The van der Waals surface area contributed by atoms with Crippen molar-refractivity contribution in [2.45, 2.75) is 30.5 Å². The van der Waals surface area contributed by atoms with Gasteiger partial charge in [0.2, 0.25) is 0 Å². The average Bonchev–Trinajstić information content (AvgIpc) is 3.53. The Bertz CT molecular complexity index is 1860. The van der Waals surface area contributed by atoms with Gasteiger partial charge < -0.3 is 19.0 Å². The SMILES string of the molecule is COC(=O)C1(O)CC2CC1n1c3ccccc3c3c4c(c5c6ccccc6n2c5c31)C(=O)NC4=O. The monoisotopic (exact) mass is 465 g/mol. The molecule has 2 N–H and O–H groups in total. The molecule has 172 valence electrons. The Hall–Kier alpha value is -4.17. The zero-order chi connectivity index (χ0) is 23.8. The quantitative estimate of drug-likeness (QED) is 0.291. The molecule has 3 atom stereocenters. The van der Waals surface area contributed by atoms with Gasteiger partial charge in [0.15, 0.2) is 5.60 Å². The summed E-state index contributed by atoms with van der Waals surface area (Å²) in [6, 6.07) is 14.7. The number of nitrogens with zero attached hydrogens (tertiary/aromatic N) is 2. The molecule has 1 aliphatic carbocycles. The van der Waals surface area contributed by atoms with E-state index in [0.717, 1.165) is 38.2 Å². The first-order valence-corrected chi connectivity index (χ1v) is 11.6. The standard InChI is InChI=1S/C27H19N3O5/c1-35-26(33)27(34)11-12-10-17(27)30-16-9-5-3-7-14(16)19-21-20(24(31)28-25(21)32)18-13-6-2-4-8-15(13)29(12)22(18)23(19)30/h2-9,12,17,34H,10-11H2,1H3,(H,28,31,32). The number of hydrogen-bond donors (Lipinski definition) is 2. The molecule has 0 spiro atoms. The summed E-state index contributed by atoms with van der Waals surface area (Å²) < 4.78 is 9.27. The topological polar surface area (TPSA) is 103 Å². The van der Waals surface area contributed by atoms with Crippen molar-refractivity contribution in [1.29, 1.82) is 0 Å². The molecule has 2 bridgehead atoms. The first-order valence-electron chi connectivity index (χ1n) is 11.6. The molecule has 0 radical (unpaired) electrons. The molecule has 2 amide bonds. The van der Waals surface area contributed by atoms with Crippen LogP contribution in [0.15, 0.2) is 48.5 Å². The third-order valence-corrected chi connectivity index (χ3v) is 8.29. The molecule has 35 heavy (non-hydrogen) atoms. The summed E-state index contributed by atoms with van der Waals surface area (Å²) in [5.41, 5.74) is 2.35. The van der Waals surface area contributed by atoms with Crippen LogP contribution < -0.4 is 5.32 Å². The van der Waals surface area contributed by atoms with Crippen molar-refractivity contribution in [3.05, 3.63) is 59.7 Å². The van der Waals surface area contributed by atoms with Gasteiger partial charge >= 0.3 is 5.97 Å². The van der Waals surface area contributed by atoms with E-state index >= 15 is 0 Å². The molecule has 8 heteroatoms. The largest absolute Gasteiger partial charge is 0.467 e. The number of carbonyl (C=O) groups excluding carboxylic acids is 3. The Morgan fingerprint density at radius 1 is 0.943 bits per heavy atom. The summed E-state index contributed by atoms with van der Waals surface area (Å²) in [5, 5.41) is 17.4. The molecule has 0 saturated heterocycles. The first-order chi connectivity index (χ1) is 17.0. The number of ether oxygens (including phenoxy) is 1. The molecular formula is C27H19N3O5. The fourth-order valence-corrected chi connectivity index (χ4v) is 7.08. The van der Waals surface area contributed by atoms with Crippen molar-refractivity contribution in [2.24, 2.45) is 0 Å². The second kappa shape index (κ2) is 5.90. The van der Waals surface area contributed by atoms with E-state index < -0.39 is 29.4 Å². The third-order valence-electron chi connectivity index (χ3n) is 8.29. The number of amides is 2. The molecular weight excluding hydrogens is 446 g/mol. The van der Waals surface area contributed by atoms with Gasteiger partial charge in [0.05, 0.1) is 35.3 Å². The number of fused-ring (bicyclic) bond motifs is 13.